The predicted molar refractivity (Wildman–Crippen MR) is 102 cm³/mol. The Labute approximate surface area is 158 Å². The van der Waals surface area contributed by atoms with Gasteiger partial charge < -0.3 is 9.64 Å². The van der Waals surface area contributed by atoms with Crippen LogP contribution in [0.15, 0.2) is 41.3 Å². The summed E-state index contributed by atoms with van der Waals surface area (Å²) < 4.78 is 20.1. The quantitative estimate of drug-likeness (QED) is 0.782. The number of rotatable bonds is 6. The number of ether oxygens (including phenoxy) is 1. The summed E-state index contributed by atoms with van der Waals surface area (Å²) in [6.07, 6.45) is 5.85. The molecule has 6 heteroatoms. The fraction of sp³-hybridized carbons (Fsp3) is 0.429. The van der Waals surface area contributed by atoms with Crippen LogP contribution in [0.3, 0.4) is 0 Å². The SMILES string of the molecule is Cc1ccn(-c2ccc(F)cc2)c(=O)c1C(=O)N(C)CCCC1CCCO1. The molecule has 0 bridgehead atoms. The van der Waals surface area contributed by atoms with Crippen LogP contribution in [0.25, 0.3) is 5.69 Å². The first-order chi connectivity index (χ1) is 13.0. The number of carbonyl (C=O) groups excluding carboxylic acids is 1. The van der Waals surface area contributed by atoms with Gasteiger partial charge in [0.1, 0.15) is 11.4 Å². The minimum absolute atomic E-state index is 0.154. The Bertz CT molecular complexity index is 855. The van der Waals surface area contributed by atoms with E-state index < -0.39 is 5.56 Å². The van der Waals surface area contributed by atoms with Crippen LogP contribution >= 0.6 is 0 Å². The molecule has 5 nitrogen and oxygen atoms in total. The van der Waals surface area contributed by atoms with E-state index in [9.17, 15) is 14.0 Å². The van der Waals surface area contributed by atoms with Crippen molar-refractivity contribution in [3.05, 3.63) is 63.8 Å². The van der Waals surface area contributed by atoms with Crippen molar-refractivity contribution in [2.75, 3.05) is 20.2 Å². The Morgan fingerprint density at radius 1 is 1.30 bits per heavy atom. The van der Waals surface area contributed by atoms with Crippen LogP contribution in [0.1, 0.15) is 41.6 Å². The van der Waals surface area contributed by atoms with E-state index in [1.807, 2.05) is 0 Å². The van der Waals surface area contributed by atoms with Gasteiger partial charge in [-0.15, -0.1) is 0 Å². The second-order valence-electron chi connectivity index (χ2n) is 7.03. The van der Waals surface area contributed by atoms with Gasteiger partial charge in [-0.1, -0.05) is 0 Å². The minimum atomic E-state index is -0.391. The minimum Gasteiger partial charge on any atom is -0.378 e. The van der Waals surface area contributed by atoms with Crippen molar-refractivity contribution < 1.29 is 13.9 Å². The monoisotopic (exact) mass is 372 g/mol. The van der Waals surface area contributed by atoms with Crippen molar-refractivity contribution in [2.24, 2.45) is 0 Å². The van der Waals surface area contributed by atoms with Crippen molar-refractivity contribution in [1.29, 1.82) is 0 Å². The third-order valence-corrected chi connectivity index (χ3v) is 5.01. The third kappa shape index (κ3) is 4.45. The van der Waals surface area contributed by atoms with Crippen LogP contribution in [-0.4, -0.2) is 41.7 Å². The summed E-state index contributed by atoms with van der Waals surface area (Å²) in [6.45, 7) is 3.15. The molecule has 3 rings (SSSR count). The first-order valence-corrected chi connectivity index (χ1v) is 9.32. The highest BCUT2D eigenvalue weighted by Gasteiger charge is 2.21. The molecule has 1 fully saturated rings. The number of pyridine rings is 1. The van der Waals surface area contributed by atoms with Gasteiger partial charge in [0.2, 0.25) is 0 Å². The molecule has 2 heterocycles. The predicted octanol–water partition coefficient (Wildman–Crippen LogP) is 3.32. The molecule has 0 N–H and O–H groups in total. The number of amides is 1. The molecule has 1 unspecified atom stereocenters. The topological polar surface area (TPSA) is 51.5 Å². The average molecular weight is 372 g/mol. The summed E-state index contributed by atoms with van der Waals surface area (Å²) in [4.78, 5) is 27.4. The fourth-order valence-electron chi connectivity index (χ4n) is 3.41. The standard InChI is InChI=1S/C21H25FN2O3/c1-15-11-13-24(17-9-7-16(22)8-10-17)21(26)19(15)20(25)23(2)12-3-5-18-6-4-14-27-18/h7-11,13,18H,3-6,12,14H2,1-2H3. The normalized spacial score (nSPS) is 16.5. The number of hydrogen-bond donors (Lipinski definition) is 0. The molecule has 1 aliphatic rings. The van der Waals surface area contributed by atoms with Crippen LogP contribution in [0.5, 0.6) is 0 Å². The zero-order valence-corrected chi connectivity index (χ0v) is 15.8. The van der Waals surface area contributed by atoms with E-state index in [1.54, 1.807) is 31.1 Å². The lowest BCUT2D eigenvalue weighted by Gasteiger charge is -2.19. The molecule has 27 heavy (non-hydrogen) atoms. The highest BCUT2D eigenvalue weighted by Crippen LogP contribution is 2.17. The molecule has 0 aliphatic carbocycles. The van der Waals surface area contributed by atoms with Crippen molar-refractivity contribution in [3.63, 3.8) is 0 Å². The van der Waals surface area contributed by atoms with Gasteiger partial charge in [-0.3, -0.25) is 14.2 Å². The van der Waals surface area contributed by atoms with Gasteiger partial charge in [-0.25, -0.2) is 4.39 Å². The number of benzene rings is 1. The Balaban J connectivity index is 1.76. The van der Waals surface area contributed by atoms with Gasteiger partial charge in [0.25, 0.3) is 11.5 Å². The molecule has 2 aromatic rings. The molecular formula is C21H25FN2O3. The third-order valence-electron chi connectivity index (χ3n) is 5.01. The first kappa shape index (κ1) is 19.3. The molecule has 1 amide bonds. The van der Waals surface area contributed by atoms with Crippen molar-refractivity contribution >= 4 is 5.91 Å². The van der Waals surface area contributed by atoms with E-state index >= 15 is 0 Å². The second-order valence-corrected chi connectivity index (χ2v) is 7.03. The maximum absolute atomic E-state index is 13.2. The van der Waals surface area contributed by atoms with Gasteiger partial charge in [-0.05, 0) is 68.5 Å². The summed E-state index contributed by atoms with van der Waals surface area (Å²) in [5.41, 5.74) is 0.921. The number of halogens is 1. The smallest absolute Gasteiger partial charge is 0.268 e. The van der Waals surface area contributed by atoms with E-state index in [1.165, 1.54) is 28.8 Å². The van der Waals surface area contributed by atoms with Gasteiger partial charge >= 0.3 is 0 Å². The summed E-state index contributed by atoms with van der Waals surface area (Å²) in [5, 5.41) is 0. The number of nitrogens with zero attached hydrogens (tertiary/aromatic N) is 2. The van der Waals surface area contributed by atoms with Crippen LogP contribution in [0, 0.1) is 12.7 Å². The molecule has 0 radical (unpaired) electrons. The zero-order chi connectivity index (χ0) is 19.4. The Morgan fingerprint density at radius 2 is 2.04 bits per heavy atom. The number of aryl methyl sites for hydroxylation is 1. The maximum atomic E-state index is 13.2. The number of aromatic nitrogens is 1. The Hall–Kier alpha value is -2.47. The maximum Gasteiger partial charge on any atom is 0.268 e. The van der Waals surface area contributed by atoms with Gasteiger partial charge in [0.05, 0.1) is 6.10 Å². The summed E-state index contributed by atoms with van der Waals surface area (Å²) >= 11 is 0. The highest BCUT2D eigenvalue weighted by molar-refractivity contribution is 5.95. The molecule has 0 spiro atoms. The van der Waals surface area contributed by atoms with E-state index in [-0.39, 0.29) is 17.3 Å². The molecule has 1 aromatic heterocycles. The highest BCUT2D eigenvalue weighted by atomic mass is 19.1. The number of carbonyl (C=O) groups is 1. The van der Waals surface area contributed by atoms with Crippen molar-refractivity contribution in [3.8, 4) is 5.69 Å². The van der Waals surface area contributed by atoms with Gasteiger partial charge in [-0.2, -0.15) is 0 Å². The molecule has 1 aromatic carbocycles. The Morgan fingerprint density at radius 3 is 2.70 bits per heavy atom. The molecule has 144 valence electrons. The van der Waals surface area contributed by atoms with Gasteiger partial charge in [0.15, 0.2) is 0 Å². The lowest BCUT2D eigenvalue weighted by Crippen LogP contribution is -2.35. The van der Waals surface area contributed by atoms with Crippen molar-refractivity contribution in [1.82, 2.24) is 9.47 Å². The molecule has 1 saturated heterocycles. The average Bonchev–Trinajstić information content (AvgIpc) is 3.16. The van der Waals surface area contributed by atoms with Crippen LogP contribution in [0.4, 0.5) is 4.39 Å². The van der Waals surface area contributed by atoms with E-state index in [0.717, 1.165) is 32.3 Å². The molecule has 1 atom stereocenters. The first-order valence-electron chi connectivity index (χ1n) is 9.32. The Kier molecular flexibility index (Phi) is 6.06. The van der Waals surface area contributed by atoms with Crippen LogP contribution in [0.2, 0.25) is 0 Å². The van der Waals surface area contributed by atoms with Gasteiger partial charge in [0, 0.05) is 32.1 Å². The second kappa shape index (κ2) is 8.48. The van der Waals surface area contributed by atoms with E-state index in [0.29, 0.717) is 23.9 Å². The molecule has 0 saturated carbocycles. The van der Waals surface area contributed by atoms with Crippen LogP contribution < -0.4 is 5.56 Å². The van der Waals surface area contributed by atoms with Crippen LogP contribution in [-0.2, 0) is 4.74 Å². The summed E-state index contributed by atoms with van der Waals surface area (Å²) in [5.74, 6) is -0.664. The largest absolute Gasteiger partial charge is 0.378 e. The van der Waals surface area contributed by atoms with Crippen molar-refractivity contribution in [2.45, 2.75) is 38.7 Å². The van der Waals surface area contributed by atoms with E-state index in [2.05, 4.69) is 0 Å². The fourth-order valence-corrected chi connectivity index (χ4v) is 3.41. The molecule has 1 aliphatic heterocycles. The summed E-state index contributed by atoms with van der Waals surface area (Å²) in [6, 6.07) is 7.36. The number of hydrogen-bond acceptors (Lipinski definition) is 3. The lowest BCUT2D eigenvalue weighted by molar-refractivity contribution is 0.0760. The molecular weight excluding hydrogens is 347 g/mol. The zero-order valence-electron chi connectivity index (χ0n) is 15.8. The summed E-state index contributed by atoms with van der Waals surface area (Å²) in [7, 11) is 1.71. The lowest BCUT2D eigenvalue weighted by atomic mass is 10.1. The van der Waals surface area contributed by atoms with E-state index in [4.69, 9.17) is 4.74 Å².